The van der Waals surface area contributed by atoms with Crippen molar-refractivity contribution in [3.8, 4) is 0 Å². The molecule has 0 radical (unpaired) electrons. The van der Waals surface area contributed by atoms with Crippen molar-refractivity contribution in [3.05, 3.63) is 24.7 Å². The van der Waals surface area contributed by atoms with Crippen LogP contribution in [0, 0.1) is 0 Å². The van der Waals surface area contributed by atoms with E-state index in [-0.39, 0.29) is 0 Å². The minimum Gasteiger partial charge on any atom is -0.135 e. The van der Waals surface area contributed by atoms with E-state index in [2.05, 4.69) is 10.1 Å². The van der Waals surface area contributed by atoms with Gasteiger partial charge in [-0.2, -0.15) is 0 Å². The lowest BCUT2D eigenvalue weighted by Gasteiger charge is -1.72. The Morgan fingerprint density at radius 3 is 3.44 bits per heavy atom. The third kappa shape index (κ3) is 0.561. The first kappa shape index (κ1) is 4.43. The summed E-state index contributed by atoms with van der Waals surface area (Å²) in [7, 11) is 0. The second-order valence-electron chi connectivity index (χ2n) is 1.62. The van der Waals surface area contributed by atoms with Gasteiger partial charge < -0.3 is 0 Å². The molecule has 0 aliphatic carbocycles. The maximum Gasteiger partial charge on any atom is 0.340 e. The molecule has 0 atom stereocenters. The average molecular weight is 122 g/mol. The second-order valence-corrected chi connectivity index (χ2v) is 1.62. The summed E-state index contributed by atoms with van der Waals surface area (Å²) >= 11 is 0. The smallest absolute Gasteiger partial charge is 0.135 e. The van der Waals surface area contributed by atoms with Gasteiger partial charge in [-0.25, -0.2) is 0 Å². The van der Waals surface area contributed by atoms with Crippen LogP contribution in [0.5, 0.6) is 0 Å². The Balaban J connectivity index is 2.95. The summed E-state index contributed by atoms with van der Waals surface area (Å²) < 4.78 is 6.21. The lowest BCUT2D eigenvalue weighted by Crippen LogP contribution is -2.17. The number of aromatic nitrogens is 3. The maximum atomic E-state index is 4.72. The van der Waals surface area contributed by atoms with E-state index in [1.807, 2.05) is 0 Å². The fourth-order valence-corrected chi connectivity index (χ4v) is 0.650. The van der Waals surface area contributed by atoms with Crippen LogP contribution in [0.1, 0.15) is 0 Å². The summed E-state index contributed by atoms with van der Waals surface area (Å²) in [6.45, 7) is 0. The SMILES string of the molecule is c1cnc2cno[n+]2c1. The van der Waals surface area contributed by atoms with Crippen molar-refractivity contribution >= 4 is 5.65 Å². The summed E-state index contributed by atoms with van der Waals surface area (Å²) in [5.41, 5.74) is 0.720. The summed E-state index contributed by atoms with van der Waals surface area (Å²) in [5.74, 6) is 0. The maximum absolute atomic E-state index is 4.72. The molecule has 44 valence electrons. The van der Waals surface area contributed by atoms with Gasteiger partial charge in [0.05, 0.1) is 5.16 Å². The predicted octanol–water partition coefficient (Wildman–Crippen LogP) is -0.192. The van der Waals surface area contributed by atoms with Crippen molar-refractivity contribution < 1.29 is 9.20 Å². The Morgan fingerprint density at radius 1 is 1.56 bits per heavy atom. The summed E-state index contributed by atoms with van der Waals surface area (Å²) in [4.78, 5) is 3.95. The van der Waals surface area contributed by atoms with Crippen LogP contribution in [0.3, 0.4) is 0 Å². The lowest BCUT2D eigenvalue weighted by molar-refractivity contribution is -0.730. The van der Waals surface area contributed by atoms with E-state index in [4.69, 9.17) is 4.63 Å². The average Bonchev–Trinajstić information content (AvgIpc) is 2.33. The molecule has 2 heterocycles. The van der Waals surface area contributed by atoms with Gasteiger partial charge in [0.15, 0.2) is 0 Å². The van der Waals surface area contributed by atoms with Crippen molar-refractivity contribution in [2.45, 2.75) is 0 Å². The van der Waals surface area contributed by atoms with Gasteiger partial charge in [0, 0.05) is 6.07 Å². The molecular formula is C5H4N3O+. The first-order chi connectivity index (χ1) is 4.47. The van der Waals surface area contributed by atoms with Crippen LogP contribution < -0.4 is 4.57 Å². The normalized spacial score (nSPS) is 10.2. The van der Waals surface area contributed by atoms with Gasteiger partial charge in [-0.15, -0.1) is 9.61 Å². The summed E-state index contributed by atoms with van der Waals surface area (Å²) in [5, 5.41) is 3.53. The molecule has 0 spiro atoms. The van der Waals surface area contributed by atoms with Crippen molar-refractivity contribution in [1.29, 1.82) is 0 Å². The number of hydrogen-bond donors (Lipinski definition) is 0. The molecule has 2 aromatic heterocycles. The molecule has 9 heavy (non-hydrogen) atoms. The molecule has 0 saturated heterocycles. The fourth-order valence-electron chi connectivity index (χ4n) is 0.650. The molecule has 0 aromatic carbocycles. The van der Waals surface area contributed by atoms with E-state index in [9.17, 15) is 0 Å². The van der Waals surface area contributed by atoms with Crippen molar-refractivity contribution in [2.75, 3.05) is 0 Å². The van der Waals surface area contributed by atoms with Crippen LogP contribution in [0.4, 0.5) is 0 Å². The Hall–Kier alpha value is -1.45. The highest BCUT2D eigenvalue weighted by atomic mass is 16.6. The topological polar surface area (TPSA) is 43.0 Å². The Morgan fingerprint density at radius 2 is 2.56 bits per heavy atom. The van der Waals surface area contributed by atoms with Gasteiger partial charge in [0.2, 0.25) is 6.20 Å². The molecule has 0 saturated carbocycles. The Labute approximate surface area is 50.7 Å². The van der Waals surface area contributed by atoms with Crippen LogP contribution in [0.25, 0.3) is 5.65 Å². The molecule has 2 rings (SSSR count). The van der Waals surface area contributed by atoms with Crippen molar-refractivity contribution in [2.24, 2.45) is 0 Å². The van der Waals surface area contributed by atoms with E-state index in [1.54, 1.807) is 24.7 Å². The van der Waals surface area contributed by atoms with Gasteiger partial charge >= 0.3 is 5.65 Å². The number of hydrogen-bond acceptors (Lipinski definition) is 3. The third-order valence-corrected chi connectivity index (χ3v) is 1.04. The van der Waals surface area contributed by atoms with Gasteiger partial charge in [-0.05, 0) is 4.57 Å². The van der Waals surface area contributed by atoms with Crippen LogP contribution in [-0.2, 0) is 0 Å². The van der Waals surface area contributed by atoms with Gasteiger partial charge in [0.25, 0.3) is 0 Å². The molecule has 2 aromatic rings. The van der Waals surface area contributed by atoms with E-state index in [1.165, 1.54) is 4.57 Å². The third-order valence-electron chi connectivity index (χ3n) is 1.04. The van der Waals surface area contributed by atoms with Gasteiger partial charge in [0.1, 0.15) is 12.4 Å². The molecule has 0 fully saturated rings. The fraction of sp³-hybridized carbons (Fsp3) is 0. The summed E-state index contributed by atoms with van der Waals surface area (Å²) in [6, 6.07) is 1.78. The standard InChI is InChI=1S/C5H4N3O/c1-2-6-5-4-7-9-8(5)3-1/h1-4H/q+1. The quantitative estimate of drug-likeness (QED) is 0.455. The minimum absolute atomic E-state index is 0.720. The molecule has 4 heteroatoms. The first-order valence-electron chi connectivity index (χ1n) is 2.54. The molecular weight excluding hydrogens is 118 g/mol. The highest BCUT2D eigenvalue weighted by Gasteiger charge is 2.01. The van der Waals surface area contributed by atoms with Crippen LogP contribution in [0.2, 0.25) is 0 Å². The molecule has 0 amide bonds. The minimum atomic E-state index is 0.720. The number of nitrogens with zero attached hydrogens (tertiary/aromatic N) is 3. The summed E-state index contributed by atoms with van der Waals surface area (Å²) in [6.07, 6.45) is 4.99. The van der Waals surface area contributed by atoms with Crippen LogP contribution in [0.15, 0.2) is 29.3 Å². The highest BCUT2D eigenvalue weighted by molar-refractivity contribution is 5.20. The second kappa shape index (κ2) is 1.51. The first-order valence-corrected chi connectivity index (χ1v) is 2.54. The molecule has 0 N–H and O–H groups in total. The molecule has 0 aliphatic rings. The number of rotatable bonds is 0. The van der Waals surface area contributed by atoms with E-state index >= 15 is 0 Å². The van der Waals surface area contributed by atoms with Crippen molar-refractivity contribution in [1.82, 2.24) is 10.1 Å². The lowest BCUT2D eigenvalue weighted by atomic mass is 10.6. The largest absolute Gasteiger partial charge is 0.340 e. The van der Waals surface area contributed by atoms with Gasteiger partial charge in [-0.3, -0.25) is 0 Å². The molecule has 4 nitrogen and oxygen atoms in total. The zero-order chi connectivity index (χ0) is 6.10. The highest BCUT2D eigenvalue weighted by Crippen LogP contribution is 1.83. The van der Waals surface area contributed by atoms with E-state index < -0.39 is 0 Å². The Kier molecular flexibility index (Phi) is 0.745. The van der Waals surface area contributed by atoms with Gasteiger partial charge in [-0.1, -0.05) is 0 Å². The zero-order valence-electron chi connectivity index (χ0n) is 4.56. The van der Waals surface area contributed by atoms with E-state index in [0.29, 0.717) is 0 Å². The Bertz CT molecular complexity index is 286. The van der Waals surface area contributed by atoms with Crippen LogP contribution >= 0.6 is 0 Å². The van der Waals surface area contributed by atoms with Crippen LogP contribution in [-0.4, -0.2) is 10.1 Å². The monoisotopic (exact) mass is 122 g/mol. The predicted molar refractivity (Wildman–Crippen MR) is 27.5 cm³/mol. The molecule has 0 unspecified atom stereocenters. The van der Waals surface area contributed by atoms with E-state index in [0.717, 1.165) is 5.65 Å². The molecule has 0 aliphatic heterocycles. The zero-order valence-corrected chi connectivity index (χ0v) is 4.56. The number of fused-ring (bicyclic) bond motifs is 1. The van der Waals surface area contributed by atoms with Crippen molar-refractivity contribution in [3.63, 3.8) is 0 Å². The molecule has 0 bridgehead atoms.